The summed E-state index contributed by atoms with van der Waals surface area (Å²) in [5.74, 6) is -0.238. The van der Waals surface area contributed by atoms with E-state index in [1.807, 2.05) is 39.0 Å². The summed E-state index contributed by atoms with van der Waals surface area (Å²) in [6.07, 6.45) is 12.9. The lowest BCUT2D eigenvalue weighted by molar-refractivity contribution is 0.104. The first-order valence-electron chi connectivity index (χ1n) is 11.8. The molecule has 3 rings (SSSR count). The van der Waals surface area contributed by atoms with E-state index in [9.17, 15) is 20.1 Å². The minimum absolute atomic E-state index is 0.0429. The zero-order chi connectivity index (χ0) is 25.8. The van der Waals surface area contributed by atoms with E-state index < -0.39 is 11.4 Å². The molecule has 1 aliphatic rings. The van der Waals surface area contributed by atoms with E-state index >= 15 is 0 Å². The SMILES string of the molecule is CC(C)=CCCC1(C)C=Cc2c(C=CC(=O)c3ccc(O)c(CC=C(C)C)c3O)ccc(O)c2O1. The summed E-state index contributed by atoms with van der Waals surface area (Å²) in [5.41, 5.74) is 3.57. The number of allylic oxidation sites excluding steroid dienone is 5. The first kappa shape index (κ1) is 25.9. The van der Waals surface area contributed by atoms with Gasteiger partial charge in [-0.15, -0.1) is 0 Å². The summed E-state index contributed by atoms with van der Waals surface area (Å²) in [6, 6.07) is 6.10. The molecule has 0 aliphatic carbocycles. The zero-order valence-corrected chi connectivity index (χ0v) is 21.1. The largest absolute Gasteiger partial charge is 0.508 e. The van der Waals surface area contributed by atoms with Crippen LogP contribution in [0.1, 0.15) is 74.5 Å². The Hall–Kier alpha value is -3.73. The van der Waals surface area contributed by atoms with Gasteiger partial charge in [0.2, 0.25) is 0 Å². The minimum atomic E-state index is -0.548. The third kappa shape index (κ3) is 6.24. The number of fused-ring (bicyclic) bond motifs is 1. The fourth-order valence-electron chi connectivity index (χ4n) is 3.92. The number of hydrogen-bond acceptors (Lipinski definition) is 5. The number of carbonyl (C=O) groups excluding carboxylic acids is 1. The van der Waals surface area contributed by atoms with Crippen molar-refractivity contribution in [3.63, 3.8) is 0 Å². The number of benzene rings is 2. The maximum absolute atomic E-state index is 12.9. The number of ketones is 1. The summed E-state index contributed by atoms with van der Waals surface area (Å²) in [5, 5.41) is 31.2. The van der Waals surface area contributed by atoms with Crippen LogP contribution in [0.4, 0.5) is 0 Å². The minimum Gasteiger partial charge on any atom is -0.508 e. The first-order chi connectivity index (χ1) is 16.5. The Morgan fingerprint density at radius 1 is 0.971 bits per heavy atom. The summed E-state index contributed by atoms with van der Waals surface area (Å²) in [6.45, 7) is 9.95. The van der Waals surface area contributed by atoms with Crippen molar-refractivity contribution in [3.05, 3.63) is 82.0 Å². The lowest BCUT2D eigenvalue weighted by atomic mass is 9.92. The normalized spacial score (nSPS) is 16.5. The highest BCUT2D eigenvalue weighted by atomic mass is 16.5. The average molecular weight is 475 g/mol. The highest BCUT2D eigenvalue weighted by molar-refractivity contribution is 6.09. The van der Waals surface area contributed by atoms with Gasteiger partial charge in [-0.2, -0.15) is 0 Å². The van der Waals surface area contributed by atoms with E-state index in [1.165, 1.54) is 23.8 Å². The lowest BCUT2D eigenvalue weighted by Crippen LogP contribution is -2.31. The zero-order valence-electron chi connectivity index (χ0n) is 21.1. The van der Waals surface area contributed by atoms with Crippen LogP contribution < -0.4 is 4.74 Å². The van der Waals surface area contributed by atoms with Gasteiger partial charge in [0.15, 0.2) is 17.3 Å². The second kappa shape index (κ2) is 10.7. The van der Waals surface area contributed by atoms with Crippen LogP contribution in [-0.4, -0.2) is 26.7 Å². The Kier molecular flexibility index (Phi) is 7.90. The number of ether oxygens (including phenoxy) is 1. The van der Waals surface area contributed by atoms with E-state index in [-0.39, 0.29) is 22.8 Å². The van der Waals surface area contributed by atoms with E-state index in [0.717, 1.165) is 18.4 Å². The molecule has 2 aromatic rings. The number of carbonyl (C=O) groups is 1. The molecule has 5 nitrogen and oxygen atoms in total. The maximum Gasteiger partial charge on any atom is 0.189 e. The van der Waals surface area contributed by atoms with Crippen LogP contribution >= 0.6 is 0 Å². The average Bonchev–Trinajstić information content (AvgIpc) is 2.78. The van der Waals surface area contributed by atoms with E-state index in [4.69, 9.17) is 4.74 Å². The van der Waals surface area contributed by atoms with Crippen molar-refractivity contribution >= 4 is 17.9 Å². The second-order valence-corrected chi connectivity index (χ2v) is 9.63. The summed E-state index contributed by atoms with van der Waals surface area (Å²) in [4.78, 5) is 12.9. The van der Waals surface area contributed by atoms with E-state index in [2.05, 4.69) is 19.9 Å². The molecule has 2 aromatic carbocycles. The number of phenols is 3. The molecule has 0 fully saturated rings. The van der Waals surface area contributed by atoms with Gasteiger partial charge in [0.1, 0.15) is 17.1 Å². The Bertz CT molecular complexity index is 1240. The molecule has 0 aromatic heterocycles. The van der Waals surface area contributed by atoms with Gasteiger partial charge in [-0.1, -0.05) is 41.5 Å². The molecule has 0 saturated carbocycles. The number of aromatic hydroxyl groups is 3. The molecular weight excluding hydrogens is 440 g/mol. The molecular formula is C30H34O5. The Labute approximate surface area is 207 Å². The molecule has 0 saturated heterocycles. The van der Waals surface area contributed by atoms with Gasteiger partial charge >= 0.3 is 0 Å². The Morgan fingerprint density at radius 2 is 1.66 bits per heavy atom. The van der Waals surface area contributed by atoms with Gasteiger partial charge in [-0.25, -0.2) is 0 Å². The number of rotatable bonds is 8. The van der Waals surface area contributed by atoms with Crippen molar-refractivity contribution in [2.24, 2.45) is 0 Å². The molecule has 35 heavy (non-hydrogen) atoms. The van der Waals surface area contributed by atoms with Gasteiger partial charge in [0.05, 0.1) is 5.56 Å². The maximum atomic E-state index is 12.9. The fourth-order valence-corrected chi connectivity index (χ4v) is 3.92. The smallest absolute Gasteiger partial charge is 0.189 e. The van der Waals surface area contributed by atoms with Crippen LogP contribution in [0.5, 0.6) is 23.0 Å². The monoisotopic (exact) mass is 474 g/mol. The topological polar surface area (TPSA) is 87.0 Å². The van der Waals surface area contributed by atoms with Gasteiger partial charge in [-0.05, 0) is 89.8 Å². The van der Waals surface area contributed by atoms with Gasteiger partial charge < -0.3 is 20.1 Å². The third-order valence-electron chi connectivity index (χ3n) is 5.99. The Balaban J connectivity index is 1.87. The van der Waals surface area contributed by atoms with Crippen molar-refractivity contribution in [3.8, 4) is 23.0 Å². The quantitative estimate of drug-likeness (QED) is 0.215. The molecule has 1 aliphatic heterocycles. The highest BCUT2D eigenvalue weighted by Gasteiger charge is 2.29. The Morgan fingerprint density at radius 3 is 2.34 bits per heavy atom. The van der Waals surface area contributed by atoms with Crippen LogP contribution in [0.15, 0.2) is 59.7 Å². The van der Waals surface area contributed by atoms with Crippen molar-refractivity contribution in [1.82, 2.24) is 0 Å². The van der Waals surface area contributed by atoms with Crippen LogP contribution in [0.3, 0.4) is 0 Å². The number of phenolic OH excluding ortho intramolecular Hbond substituents is 3. The summed E-state index contributed by atoms with van der Waals surface area (Å²) >= 11 is 0. The standard InChI is InChI=1S/C30H34O5/c1-19(2)7-6-17-30(5)18-16-22-21(10-14-27(33)29(22)35-30)9-13-25(31)24-12-15-26(32)23(28(24)34)11-8-20(3)4/h7-10,12-16,18,32-34H,6,11,17H2,1-5H3. The predicted molar refractivity (Wildman–Crippen MR) is 141 cm³/mol. The molecule has 0 bridgehead atoms. The molecule has 0 amide bonds. The number of hydrogen-bond donors (Lipinski definition) is 3. The summed E-state index contributed by atoms with van der Waals surface area (Å²) in [7, 11) is 0. The van der Waals surface area contributed by atoms with Crippen molar-refractivity contribution in [1.29, 1.82) is 0 Å². The van der Waals surface area contributed by atoms with Crippen LogP contribution in [0.2, 0.25) is 0 Å². The predicted octanol–water partition coefficient (Wildman–Crippen LogP) is 7.12. The molecule has 3 N–H and O–H groups in total. The van der Waals surface area contributed by atoms with Crippen LogP contribution in [0, 0.1) is 0 Å². The van der Waals surface area contributed by atoms with Crippen LogP contribution in [0.25, 0.3) is 12.2 Å². The second-order valence-electron chi connectivity index (χ2n) is 9.63. The summed E-state index contributed by atoms with van der Waals surface area (Å²) < 4.78 is 6.20. The molecule has 0 spiro atoms. The highest BCUT2D eigenvalue weighted by Crippen LogP contribution is 2.42. The van der Waals surface area contributed by atoms with Crippen LogP contribution in [-0.2, 0) is 6.42 Å². The van der Waals surface area contributed by atoms with Crippen molar-refractivity contribution < 1.29 is 24.9 Å². The molecule has 5 heteroatoms. The van der Waals surface area contributed by atoms with Gasteiger partial charge in [0.25, 0.3) is 0 Å². The molecule has 1 atom stereocenters. The van der Waals surface area contributed by atoms with Gasteiger partial charge in [0, 0.05) is 11.1 Å². The van der Waals surface area contributed by atoms with E-state index in [0.29, 0.717) is 28.9 Å². The molecule has 0 radical (unpaired) electrons. The molecule has 1 unspecified atom stereocenters. The lowest BCUT2D eigenvalue weighted by Gasteiger charge is -2.32. The molecule has 184 valence electrons. The molecule has 1 heterocycles. The van der Waals surface area contributed by atoms with Crippen molar-refractivity contribution in [2.75, 3.05) is 0 Å². The third-order valence-corrected chi connectivity index (χ3v) is 5.99. The fraction of sp³-hybridized carbons (Fsp3) is 0.300. The first-order valence-corrected chi connectivity index (χ1v) is 11.8. The van der Waals surface area contributed by atoms with Crippen molar-refractivity contribution in [2.45, 2.75) is 59.5 Å². The van der Waals surface area contributed by atoms with Gasteiger partial charge in [-0.3, -0.25) is 4.79 Å². The van der Waals surface area contributed by atoms with E-state index in [1.54, 1.807) is 18.2 Å².